The maximum Gasteiger partial charge on any atom is 0.253 e. The highest BCUT2D eigenvalue weighted by molar-refractivity contribution is 5.93. The molecule has 18 heavy (non-hydrogen) atoms. The molecular weight excluding hydrogens is 228 g/mol. The van der Waals surface area contributed by atoms with Gasteiger partial charge in [-0.05, 0) is 24.5 Å². The van der Waals surface area contributed by atoms with Crippen LogP contribution in [0.15, 0.2) is 24.3 Å². The van der Waals surface area contributed by atoms with Crippen molar-refractivity contribution in [3.63, 3.8) is 0 Å². The number of hydroxylamine groups is 1. The van der Waals surface area contributed by atoms with Gasteiger partial charge in [-0.15, -0.1) is 0 Å². The molecule has 1 amide bonds. The fourth-order valence-corrected chi connectivity index (χ4v) is 2.95. The van der Waals surface area contributed by atoms with E-state index in [-0.39, 0.29) is 11.4 Å². The minimum Gasteiger partial charge on any atom is -0.321 e. The predicted octanol–water partition coefficient (Wildman–Crippen LogP) is 2.08. The van der Waals surface area contributed by atoms with Gasteiger partial charge in [-0.1, -0.05) is 31.0 Å². The number of hydrogen-bond acceptors (Lipinski definition) is 3. The van der Waals surface area contributed by atoms with Gasteiger partial charge in [0.15, 0.2) is 0 Å². The zero-order valence-electron chi connectivity index (χ0n) is 10.4. The van der Waals surface area contributed by atoms with E-state index < -0.39 is 0 Å². The van der Waals surface area contributed by atoms with E-state index in [0.29, 0.717) is 13.0 Å². The van der Waals surface area contributed by atoms with E-state index in [9.17, 15) is 4.79 Å². The molecule has 1 aliphatic heterocycles. The average Bonchev–Trinajstić information content (AvgIpc) is 2.99. The molecule has 2 aliphatic rings. The molecule has 2 N–H and O–H groups in total. The monoisotopic (exact) mass is 246 g/mol. The van der Waals surface area contributed by atoms with Gasteiger partial charge in [0.05, 0.1) is 18.7 Å². The number of carbonyl (C=O) groups excluding carboxylic acids is 1. The van der Waals surface area contributed by atoms with Crippen molar-refractivity contribution >= 4 is 11.6 Å². The number of nitrogens with two attached hydrogens (primary N) is 1. The van der Waals surface area contributed by atoms with Gasteiger partial charge in [0.2, 0.25) is 0 Å². The minimum absolute atomic E-state index is 0.0176. The third-order valence-electron chi connectivity index (χ3n) is 3.92. The van der Waals surface area contributed by atoms with Crippen molar-refractivity contribution in [1.82, 2.24) is 0 Å². The molecule has 4 heteroatoms. The first-order chi connectivity index (χ1) is 8.71. The molecule has 1 aromatic rings. The van der Waals surface area contributed by atoms with Crippen molar-refractivity contribution in [3.05, 3.63) is 29.8 Å². The first-order valence-corrected chi connectivity index (χ1v) is 6.55. The Hall–Kier alpha value is -1.39. The highest BCUT2D eigenvalue weighted by Gasteiger charge is 2.36. The zero-order valence-corrected chi connectivity index (χ0v) is 10.4. The van der Waals surface area contributed by atoms with Gasteiger partial charge in [-0.25, -0.2) is 0 Å². The van der Waals surface area contributed by atoms with Gasteiger partial charge in [0.1, 0.15) is 0 Å². The Morgan fingerprint density at radius 2 is 1.94 bits per heavy atom. The van der Waals surface area contributed by atoms with E-state index in [2.05, 4.69) is 0 Å². The van der Waals surface area contributed by atoms with Crippen LogP contribution in [0.3, 0.4) is 0 Å². The van der Waals surface area contributed by atoms with Crippen molar-refractivity contribution in [1.29, 1.82) is 0 Å². The number of carbonyl (C=O) groups is 1. The van der Waals surface area contributed by atoms with Crippen molar-refractivity contribution < 1.29 is 9.63 Å². The van der Waals surface area contributed by atoms with Crippen LogP contribution in [0.5, 0.6) is 0 Å². The van der Waals surface area contributed by atoms with Crippen LogP contribution in [0, 0.1) is 0 Å². The van der Waals surface area contributed by atoms with Crippen molar-refractivity contribution in [2.45, 2.75) is 37.6 Å². The lowest BCUT2D eigenvalue weighted by molar-refractivity contribution is -0.119. The summed E-state index contributed by atoms with van der Waals surface area (Å²) in [5.74, 6) is 0.0176. The van der Waals surface area contributed by atoms with Crippen LogP contribution >= 0.6 is 0 Å². The van der Waals surface area contributed by atoms with Gasteiger partial charge >= 0.3 is 0 Å². The summed E-state index contributed by atoms with van der Waals surface area (Å²) in [5.41, 5.74) is 8.06. The maximum atomic E-state index is 11.8. The molecular formula is C14H18N2O2. The van der Waals surface area contributed by atoms with Gasteiger partial charge in [0, 0.05) is 5.54 Å². The number of benzene rings is 1. The number of hydrogen-bond donors (Lipinski definition) is 1. The molecule has 0 bridgehead atoms. The molecule has 0 aromatic heterocycles. The van der Waals surface area contributed by atoms with Crippen molar-refractivity contribution in [2.24, 2.45) is 5.73 Å². The average molecular weight is 246 g/mol. The Kier molecular flexibility index (Phi) is 2.84. The number of rotatable bonds is 2. The quantitative estimate of drug-likeness (QED) is 0.869. The largest absolute Gasteiger partial charge is 0.321 e. The smallest absolute Gasteiger partial charge is 0.253 e. The molecule has 0 unspecified atom stereocenters. The molecule has 1 saturated carbocycles. The Morgan fingerprint density at radius 3 is 2.61 bits per heavy atom. The predicted molar refractivity (Wildman–Crippen MR) is 68.8 cm³/mol. The zero-order chi connectivity index (χ0) is 12.6. The highest BCUT2D eigenvalue weighted by atomic mass is 16.7. The summed E-state index contributed by atoms with van der Waals surface area (Å²) in [6, 6.07) is 7.85. The second kappa shape index (κ2) is 4.37. The van der Waals surface area contributed by atoms with Crippen LogP contribution in [0.25, 0.3) is 0 Å². The lowest BCUT2D eigenvalue weighted by Gasteiger charge is -2.29. The Morgan fingerprint density at radius 1 is 1.22 bits per heavy atom. The van der Waals surface area contributed by atoms with Crippen molar-refractivity contribution in [2.75, 3.05) is 11.7 Å². The van der Waals surface area contributed by atoms with E-state index >= 15 is 0 Å². The molecule has 1 saturated heterocycles. The third kappa shape index (κ3) is 1.82. The van der Waals surface area contributed by atoms with Gasteiger partial charge in [-0.3, -0.25) is 9.63 Å². The standard InChI is InChI=1S/C14H18N2O2/c15-14(8-3-4-9-14)11-5-1-2-6-12(11)16-13(17)7-10-18-16/h1-2,5-6H,3-4,7-10,15H2. The van der Waals surface area contributed by atoms with Crippen LogP contribution < -0.4 is 10.8 Å². The Bertz CT molecular complexity index is 467. The molecule has 1 aliphatic carbocycles. The normalized spacial score (nSPS) is 22.7. The molecule has 1 aromatic carbocycles. The molecule has 2 fully saturated rings. The van der Waals surface area contributed by atoms with E-state index in [1.54, 1.807) is 0 Å². The first kappa shape index (κ1) is 11.7. The molecule has 96 valence electrons. The number of nitrogens with zero attached hydrogens (tertiary/aromatic N) is 1. The van der Waals surface area contributed by atoms with Crippen LogP contribution in [0.1, 0.15) is 37.7 Å². The molecule has 1 heterocycles. The van der Waals surface area contributed by atoms with Gasteiger partial charge in [0.25, 0.3) is 5.91 Å². The highest BCUT2D eigenvalue weighted by Crippen LogP contribution is 2.41. The van der Waals surface area contributed by atoms with Crippen LogP contribution in [0.2, 0.25) is 0 Å². The molecule has 4 nitrogen and oxygen atoms in total. The minimum atomic E-state index is -0.303. The van der Waals surface area contributed by atoms with E-state index in [0.717, 1.165) is 36.9 Å². The van der Waals surface area contributed by atoms with Crippen molar-refractivity contribution in [3.8, 4) is 0 Å². The topological polar surface area (TPSA) is 55.6 Å². The van der Waals surface area contributed by atoms with E-state index in [1.807, 2.05) is 24.3 Å². The SMILES string of the molecule is NC1(c2ccccc2N2OCCC2=O)CCCC1. The number of amides is 1. The summed E-state index contributed by atoms with van der Waals surface area (Å²) >= 11 is 0. The molecule has 0 spiro atoms. The van der Waals surface area contributed by atoms with Gasteiger partial charge in [-0.2, -0.15) is 5.06 Å². The molecule has 0 atom stereocenters. The third-order valence-corrected chi connectivity index (χ3v) is 3.92. The maximum absolute atomic E-state index is 11.8. The lowest BCUT2D eigenvalue weighted by atomic mass is 9.88. The number of para-hydroxylation sites is 1. The number of anilines is 1. The summed E-state index contributed by atoms with van der Waals surface area (Å²) in [6.07, 6.45) is 4.71. The molecule has 3 rings (SSSR count). The van der Waals surface area contributed by atoms with Crippen LogP contribution in [-0.2, 0) is 15.2 Å². The summed E-state index contributed by atoms with van der Waals surface area (Å²) in [7, 11) is 0. The Balaban J connectivity index is 2.02. The lowest BCUT2D eigenvalue weighted by Crippen LogP contribution is -2.36. The second-order valence-electron chi connectivity index (χ2n) is 5.15. The van der Waals surface area contributed by atoms with E-state index in [1.165, 1.54) is 5.06 Å². The van der Waals surface area contributed by atoms with E-state index in [4.69, 9.17) is 10.6 Å². The summed E-state index contributed by atoms with van der Waals surface area (Å²) in [4.78, 5) is 17.2. The fourth-order valence-electron chi connectivity index (χ4n) is 2.95. The fraction of sp³-hybridized carbons (Fsp3) is 0.500. The van der Waals surface area contributed by atoms with Crippen LogP contribution in [-0.4, -0.2) is 12.5 Å². The first-order valence-electron chi connectivity index (χ1n) is 6.55. The Labute approximate surface area is 107 Å². The molecule has 0 radical (unpaired) electrons. The second-order valence-corrected chi connectivity index (χ2v) is 5.15. The summed E-state index contributed by atoms with van der Waals surface area (Å²) < 4.78 is 0. The summed E-state index contributed by atoms with van der Waals surface area (Å²) in [6.45, 7) is 0.463. The van der Waals surface area contributed by atoms with Gasteiger partial charge < -0.3 is 5.73 Å². The summed E-state index contributed by atoms with van der Waals surface area (Å²) in [5, 5.41) is 1.42. The van der Waals surface area contributed by atoms with Crippen LogP contribution in [0.4, 0.5) is 5.69 Å².